The van der Waals surface area contributed by atoms with Gasteiger partial charge in [0, 0.05) is 31.3 Å². The molecule has 0 aromatic heterocycles. The number of benzene rings is 1. The van der Waals surface area contributed by atoms with Crippen LogP contribution in [0.1, 0.15) is 25.3 Å². The van der Waals surface area contributed by atoms with E-state index in [2.05, 4.69) is 0 Å². The topological polar surface area (TPSA) is 89.7 Å². The van der Waals surface area contributed by atoms with Crippen molar-refractivity contribution in [2.75, 3.05) is 13.1 Å². The van der Waals surface area contributed by atoms with E-state index in [1.807, 2.05) is 0 Å². The van der Waals surface area contributed by atoms with E-state index >= 15 is 0 Å². The summed E-state index contributed by atoms with van der Waals surface area (Å²) in [7, 11) is 0. The van der Waals surface area contributed by atoms with Crippen LogP contribution in [0.4, 0.5) is 5.69 Å². The van der Waals surface area contributed by atoms with Crippen molar-refractivity contribution < 1.29 is 19.2 Å². The first-order valence-corrected chi connectivity index (χ1v) is 7.39. The van der Waals surface area contributed by atoms with Crippen LogP contribution >= 0.6 is 0 Å². The summed E-state index contributed by atoms with van der Waals surface area (Å²) in [6.45, 7) is 2.97. The number of carbonyl (C=O) groups is 2. The van der Waals surface area contributed by atoms with Crippen LogP contribution in [-0.2, 0) is 14.3 Å². The second-order valence-electron chi connectivity index (χ2n) is 5.29. The largest absolute Gasteiger partial charge is 0.449 e. The Bertz CT molecular complexity index is 618. The minimum atomic E-state index is -0.817. The third-order valence-corrected chi connectivity index (χ3v) is 3.57. The fourth-order valence-electron chi connectivity index (χ4n) is 2.33. The molecule has 23 heavy (non-hydrogen) atoms. The Morgan fingerprint density at radius 1 is 1.26 bits per heavy atom. The van der Waals surface area contributed by atoms with Gasteiger partial charge in [0.1, 0.15) is 0 Å². The molecule has 1 amide bonds. The van der Waals surface area contributed by atoms with Crippen LogP contribution in [0.25, 0.3) is 6.08 Å². The molecule has 1 aromatic carbocycles. The Morgan fingerprint density at radius 3 is 2.43 bits per heavy atom. The Labute approximate surface area is 133 Å². The van der Waals surface area contributed by atoms with E-state index in [9.17, 15) is 19.7 Å². The minimum absolute atomic E-state index is 0.0189. The van der Waals surface area contributed by atoms with Crippen LogP contribution in [0.2, 0.25) is 0 Å². The van der Waals surface area contributed by atoms with Crippen LogP contribution in [0.15, 0.2) is 30.3 Å². The lowest BCUT2D eigenvalue weighted by Gasteiger charge is -2.19. The normalized spacial score (nSPS) is 15.6. The summed E-state index contributed by atoms with van der Waals surface area (Å²) in [5.74, 6) is -0.803. The summed E-state index contributed by atoms with van der Waals surface area (Å²) in [5, 5.41) is 10.5. The molecule has 1 heterocycles. The van der Waals surface area contributed by atoms with Crippen molar-refractivity contribution >= 4 is 23.6 Å². The van der Waals surface area contributed by atoms with Gasteiger partial charge in [0.2, 0.25) is 0 Å². The summed E-state index contributed by atoms with van der Waals surface area (Å²) in [6.07, 6.45) is 3.83. The number of hydrogen-bond donors (Lipinski definition) is 0. The Kier molecular flexibility index (Phi) is 5.46. The van der Waals surface area contributed by atoms with Crippen molar-refractivity contribution in [1.82, 2.24) is 4.90 Å². The second kappa shape index (κ2) is 7.53. The van der Waals surface area contributed by atoms with E-state index < -0.39 is 17.0 Å². The van der Waals surface area contributed by atoms with Crippen LogP contribution in [0, 0.1) is 10.1 Å². The van der Waals surface area contributed by atoms with Crippen molar-refractivity contribution in [3.63, 3.8) is 0 Å². The number of rotatable bonds is 5. The predicted octanol–water partition coefficient (Wildman–Crippen LogP) is 2.16. The molecule has 1 aromatic rings. The quantitative estimate of drug-likeness (QED) is 0.359. The molecule has 122 valence electrons. The van der Waals surface area contributed by atoms with E-state index in [0.29, 0.717) is 18.7 Å². The van der Waals surface area contributed by atoms with E-state index in [1.165, 1.54) is 36.4 Å². The van der Waals surface area contributed by atoms with Gasteiger partial charge >= 0.3 is 5.97 Å². The number of esters is 1. The highest BCUT2D eigenvalue weighted by atomic mass is 16.6. The molecule has 7 heteroatoms. The van der Waals surface area contributed by atoms with E-state index in [1.54, 1.807) is 11.8 Å². The van der Waals surface area contributed by atoms with Gasteiger partial charge in [-0.2, -0.15) is 0 Å². The van der Waals surface area contributed by atoms with Crippen LogP contribution in [0.3, 0.4) is 0 Å². The lowest BCUT2D eigenvalue weighted by Crippen LogP contribution is -2.37. The number of carbonyl (C=O) groups excluding carboxylic acids is 2. The summed E-state index contributed by atoms with van der Waals surface area (Å²) in [6, 6.07) is 5.76. The third-order valence-electron chi connectivity index (χ3n) is 3.57. The van der Waals surface area contributed by atoms with Gasteiger partial charge < -0.3 is 9.64 Å². The van der Waals surface area contributed by atoms with Gasteiger partial charge in [-0.05, 0) is 43.5 Å². The molecular weight excluding hydrogens is 300 g/mol. The first kappa shape index (κ1) is 16.7. The molecule has 0 N–H and O–H groups in total. The van der Waals surface area contributed by atoms with Gasteiger partial charge in [0.15, 0.2) is 6.10 Å². The molecule has 1 saturated heterocycles. The Balaban J connectivity index is 1.88. The zero-order chi connectivity index (χ0) is 16.8. The maximum Gasteiger partial charge on any atom is 0.331 e. The molecule has 1 atom stereocenters. The molecule has 2 rings (SSSR count). The lowest BCUT2D eigenvalue weighted by molar-refractivity contribution is -0.384. The van der Waals surface area contributed by atoms with Crippen LogP contribution in [-0.4, -0.2) is 40.9 Å². The molecule has 7 nitrogen and oxygen atoms in total. The van der Waals surface area contributed by atoms with Crippen molar-refractivity contribution in [2.45, 2.75) is 25.9 Å². The van der Waals surface area contributed by atoms with Crippen molar-refractivity contribution in [3.05, 3.63) is 46.0 Å². The maximum atomic E-state index is 12.0. The van der Waals surface area contributed by atoms with Gasteiger partial charge in [-0.15, -0.1) is 0 Å². The summed E-state index contributed by atoms with van der Waals surface area (Å²) < 4.78 is 5.08. The number of nitro benzene ring substituents is 1. The molecule has 0 bridgehead atoms. The van der Waals surface area contributed by atoms with Crippen molar-refractivity contribution in [2.24, 2.45) is 0 Å². The predicted molar refractivity (Wildman–Crippen MR) is 83.5 cm³/mol. The van der Waals surface area contributed by atoms with Crippen molar-refractivity contribution in [1.29, 1.82) is 0 Å². The second-order valence-corrected chi connectivity index (χ2v) is 5.29. The number of ether oxygens (including phenoxy) is 1. The van der Waals surface area contributed by atoms with E-state index in [0.717, 1.165) is 12.8 Å². The van der Waals surface area contributed by atoms with Gasteiger partial charge in [-0.3, -0.25) is 14.9 Å². The third kappa shape index (κ3) is 4.64. The first-order chi connectivity index (χ1) is 11.0. The molecule has 1 aliphatic heterocycles. The zero-order valence-electron chi connectivity index (χ0n) is 12.8. The van der Waals surface area contributed by atoms with Crippen LogP contribution in [0.5, 0.6) is 0 Å². The summed E-state index contributed by atoms with van der Waals surface area (Å²) in [4.78, 5) is 35.5. The molecule has 0 spiro atoms. The van der Waals surface area contributed by atoms with Crippen molar-refractivity contribution in [3.8, 4) is 0 Å². The van der Waals surface area contributed by atoms with Gasteiger partial charge in [-0.1, -0.05) is 0 Å². The smallest absolute Gasteiger partial charge is 0.331 e. The first-order valence-electron chi connectivity index (χ1n) is 7.39. The average molecular weight is 318 g/mol. The fraction of sp³-hybridized carbons (Fsp3) is 0.375. The minimum Gasteiger partial charge on any atom is -0.449 e. The molecule has 0 aliphatic carbocycles. The molecule has 0 radical (unpaired) electrons. The monoisotopic (exact) mass is 318 g/mol. The highest BCUT2D eigenvalue weighted by molar-refractivity contribution is 5.90. The SMILES string of the molecule is C[C@H](OC(=O)/C=C/c1ccc([N+](=O)[O-])cc1)C(=O)N1CCCC1. The number of non-ortho nitro benzene ring substituents is 1. The number of amides is 1. The lowest BCUT2D eigenvalue weighted by atomic mass is 10.2. The molecular formula is C16H18N2O5. The van der Waals surface area contributed by atoms with Gasteiger partial charge in [0.05, 0.1) is 4.92 Å². The average Bonchev–Trinajstić information content (AvgIpc) is 3.06. The maximum absolute atomic E-state index is 12.0. The van der Waals surface area contributed by atoms with Gasteiger partial charge in [-0.25, -0.2) is 4.79 Å². The van der Waals surface area contributed by atoms with E-state index in [-0.39, 0.29) is 11.6 Å². The standard InChI is InChI=1S/C16H18N2O5/c1-12(16(20)17-10-2-3-11-17)23-15(19)9-6-13-4-7-14(8-5-13)18(21)22/h4-9,12H,2-3,10-11H2,1H3/b9-6+/t12-/m0/s1. The Hall–Kier alpha value is -2.70. The Morgan fingerprint density at radius 2 is 1.87 bits per heavy atom. The summed E-state index contributed by atoms with van der Waals surface area (Å²) in [5.41, 5.74) is 0.612. The fourth-order valence-corrected chi connectivity index (χ4v) is 2.33. The highest BCUT2D eigenvalue weighted by Crippen LogP contribution is 2.13. The number of nitro groups is 1. The van der Waals surface area contributed by atoms with Gasteiger partial charge in [0.25, 0.3) is 11.6 Å². The highest BCUT2D eigenvalue weighted by Gasteiger charge is 2.25. The molecule has 1 aliphatic rings. The zero-order valence-corrected chi connectivity index (χ0v) is 12.8. The van der Waals surface area contributed by atoms with E-state index in [4.69, 9.17) is 4.74 Å². The number of hydrogen-bond acceptors (Lipinski definition) is 5. The summed E-state index contributed by atoms with van der Waals surface area (Å²) >= 11 is 0. The van der Waals surface area contributed by atoms with Crippen LogP contribution < -0.4 is 0 Å². The molecule has 0 saturated carbocycles. The molecule has 0 unspecified atom stereocenters. The number of likely N-dealkylation sites (tertiary alicyclic amines) is 1. The molecule has 1 fully saturated rings. The number of nitrogens with zero attached hydrogens (tertiary/aromatic N) is 2.